The Morgan fingerprint density at radius 2 is 2.04 bits per heavy atom. The quantitative estimate of drug-likeness (QED) is 0.480. The summed E-state index contributed by atoms with van der Waals surface area (Å²) in [6.07, 6.45) is 1.22. The number of hydrogen-bond donors (Lipinski definition) is 3. The van der Waals surface area contributed by atoms with E-state index in [1.807, 2.05) is 6.07 Å². The fourth-order valence-electron chi connectivity index (χ4n) is 2.87. The summed E-state index contributed by atoms with van der Waals surface area (Å²) in [5, 5.41) is 26.4. The molecular weight excluding hydrogens is 386 g/mol. The summed E-state index contributed by atoms with van der Waals surface area (Å²) < 4.78 is 1.13. The van der Waals surface area contributed by atoms with Crippen LogP contribution in [-0.2, 0) is 4.79 Å². The highest BCUT2D eigenvalue weighted by atomic mass is 35.5. The molecule has 0 fully saturated rings. The summed E-state index contributed by atoms with van der Waals surface area (Å²) in [4.78, 5) is 31.8. The van der Waals surface area contributed by atoms with E-state index < -0.39 is 18.4 Å². The number of aliphatic carboxylic acids is 1. The van der Waals surface area contributed by atoms with Gasteiger partial charge < -0.3 is 15.5 Å². The van der Waals surface area contributed by atoms with Crippen molar-refractivity contribution >= 4 is 40.0 Å². The molecule has 3 aromatic heterocycles. The van der Waals surface area contributed by atoms with Gasteiger partial charge in [-0.2, -0.15) is 5.10 Å². The minimum Gasteiger partial charge on any atom is -0.505 e. The summed E-state index contributed by atoms with van der Waals surface area (Å²) in [6, 6.07) is 10.4. The molecule has 3 N–H and O–H groups in total. The molecule has 0 atom stereocenters. The number of carbonyl (C=O) groups is 2. The molecule has 3 heterocycles. The van der Waals surface area contributed by atoms with E-state index in [1.54, 1.807) is 30.3 Å². The molecule has 9 nitrogen and oxygen atoms in total. The van der Waals surface area contributed by atoms with Crippen molar-refractivity contribution in [3.63, 3.8) is 0 Å². The van der Waals surface area contributed by atoms with Crippen LogP contribution in [-0.4, -0.2) is 48.2 Å². The SMILES string of the molecule is O=C(O)CNC(=O)c1c(O)c2ccc(-c3cccc(Cl)c3)nc2c2ncnn12. The first kappa shape index (κ1) is 17.7. The third kappa shape index (κ3) is 2.97. The zero-order valence-electron chi connectivity index (χ0n) is 14.1. The maximum absolute atomic E-state index is 12.4. The van der Waals surface area contributed by atoms with Gasteiger partial charge in [-0.15, -0.1) is 0 Å². The highest BCUT2D eigenvalue weighted by Gasteiger charge is 2.23. The molecule has 1 amide bonds. The van der Waals surface area contributed by atoms with E-state index in [4.69, 9.17) is 16.7 Å². The average Bonchev–Trinajstić information content (AvgIpc) is 3.15. The Bertz CT molecular complexity index is 1250. The molecular formula is C18H12ClN5O4. The van der Waals surface area contributed by atoms with Gasteiger partial charge in [0.25, 0.3) is 5.91 Å². The lowest BCUT2D eigenvalue weighted by molar-refractivity contribution is -0.135. The van der Waals surface area contributed by atoms with Gasteiger partial charge >= 0.3 is 5.97 Å². The summed E-state index contributed by atoms with van der Waals surface area (Å²) in [7, 11) is 0. The molecule has 1 aromatic carbocycles. The van der Waals surface area contributed by atoms with Crippen LogP contribution >= 0.6 is 11.6 Å². The first-order valence-electron chi connectivity index (χ1n) is 8.07. The van der Waals surface area contributed by atoms with Gasteiger partial charge in [0, 0.05) is 16.0 Å². The summed E-state index contributed by atoms with van der Waals surface area (Å²) in [5.74, 6) is -2.38. The predicted molar refractivity (Wildman–Crippen MR) is 100 cm³/mol. The normalized spacial score (nSPS) is 11.0. The topological polar surface area (TPSA) is 130 Å². The third-order valence-corrected chi connectivity index (χ3v) is 4.32. The van der Waals surface area contributed by atoms with Crippen LogP contribution in [0.3, 0.4) is 0 Å². The molecule has 0 unspecified atom stereocenters. The summed E-state index contributed by atoms with van der Waals surface area (Å²) in [6.45, 7) is -0.599. The van der Waals surface area contributed by atoms with Crippen LogP contribution in [0.2, 0.25) is 5.02 Å². The van der Waals surface area contributed by atoms with Crippen LogP contribution in [0.15, 0.2) is 42.7 Å². The number of carboxylic acid groups (broad SMARTS) is 1. The van der Waals surface area contributed by atoms with Crippen LogP contribution in [0, 0.1) is 0 Å². The highest BCUT2D eigenvalue weighted by molar-refractivity contribution is 6.30. The Morgan fingerprint density at radius 3 is 2.79 bits per heavy atom. The zero-order valence-corrected chi connectivity index (χ0v) is 14.9. The predicted octanol–water partition coefficient (Wildman–Crippen LogP) is 2.12. The summed E-state index contributed by atoms with van der Waals surface area (Å²) >= 11 is 6.04. The number of halogens is 1. The molecule has 0 aliphatic carbocycles. The number of aromatic nitrogens is 4. The second-order valence-corrected chi connectivity index (χ2v) is 6.31. The Labute approximate surface area is 162 Å². The number of hydrogen-bond acceptors (Lipinski definition) is 6. The number of pyridine rings is 2. The molecule has 0 bridgehead atoms. The Morgan fingerprint density at radius 1 is 1.21 bits per heavy atom. The number of carbonyl (C=O) groups excluding carboxylic acids is 1. The molecule has 0 radical (unpaired) electrons. The summed E-state index contributed by atoms with van der Waals surface area (Å²) in [5.41, 5.74) is 1.73. The van der Waals surface area contributed by atoms with Gasteiger partial charge in [0.15, 0.2) is 17.1 Å². The minimum atomic E-state index is -1.21. The fourth-order valence-corrected chi connectivity index (χ4v) is 3.06. The van der Waals surface area contributed by atoms with E-state index in [1.165, 1.54) is 6.33 Å². The average molecular weight is 398 g/mol. The minimum absolute atomic E-state index is 0.224. The van der Waals surface area contributed by atoms with E-state index in [0.717, 1.165) is 10.1 Å². The number of benzene rings is 1. The van der Waals surface area contributed by atoms with Gasteiger partial charge in [-0.05, 0) is 24.3 Å². The molecule has 0 aliphatic heterocycles. The molecule has 4 rings (SSSR count). The third-order valence-electron chi connectivity index (χ3n) is 4.08. The van der Waals surface area contributed by atoms with E-state index in [0.29, 0.717) is 16.2 Å². The van der Waals surface area contributed by atoms with Crippen molar-refractivity contribution in [3.8, 4) is 17.0 Å². The largest absolute Gasteiger partial charge is 0.505 e. The standard InChI is InChI=1S/C18H12ClN5O4/c19-10-3-1-2-9(6-10)12-5-4-11-14(23-12)17-21-8-22-24(17)15(16(11)27)18(28)20-7-13(25)26/h1-6,8,27H,7H2,(H,20,28)(H,25,26). The van der Waals surface area contributed by atoms with E-state index in [-0.39, 0.29) is 22.5 Å². The maximum Gasteiger partial charge on any atom is 0.322 e. The van der Waals surface area contributed by atoms with Gasteiger partial charge in [0.1, 0.15) is 18.4 Å². The Kier molecular flexibility index (Phi) is 4.28. The highest BCUT2D eigenvalue weighted by Crippen LogP contribution is 2.32. The molecule has 10 heteroatoms. The van der Waals surface area contributed by atoms with Crippen molar-refractivity contribution in [1.82, 2.24) is 24.9 Å². The first-order chi connectivity index (χ1) is 13.5. The smallest absolute Gasteiger partial charge is 0.322 e. The van der Waals surface area contributed by atoms with Crippen molar-refractivity contribution in [2.75, 3.05) is 6.54 Å². The maximum atomic E-state index is 12.4. The first-order valence-corrected chi connectivity index (χ1v) is 8.45. The van der Waals surface area contributed by atoms with Gasteiger partial charge in [-0.25, -0.2) is 14.5 Å². The van der Waals surface area contributed by atoms with Crippen LogP contribution in [0.4, 0.5) is 0 Å². The lowest BCUT2D eigenvalue weighted by atomic mass is 10.1. The molecule has 0 aliphatic rings. The number of fused-ring (bicyclic) bond motifs is 3. The fraction of sp³-hybridized carbons (Fsp3) is 0.0556. The molecule has 140 valence electrons. The van der Waals surface area contributed by atoms with Gasteiger partial charge in [0.2, 0.25) is 0 Å². The second kappa shape index (κ2) is 6.78. The molecule has 0 saturated heterocycles. The van der Waals surface area contributed by atoms with E-state index in [9.17, 15) is 14.7 Å². The Hall–Kier alpha value is -3.72. The second-order valence-electron chi connectivity index (χ2n) is 5.87. The number of aromatic hydroxyl groups is 1. The van der Waals surface area contributed by atoms with Crippen LogP contribution in [0.5, 0.6) is 5.75 Å². The molecule has 28 heavy (non-hydrogen) atoms. The molecule has 0 spiro atoms. The van der Waals surface area contributed by atoms with Gasteiger partial charge in [0.05, 0.1) is 5.69 Å². The van der Waals surface area contributed by atoms with Crippen molar-refractivity contribution in [2.45, 2.75) is 0 Å². The van der Waals surface area contributed by atoms with Crippen LogP contribution in [0.1, 0.15) is 10.5 Å². The lowest BCUT2D eigenvalue weighted by Crippen LogP contribution is -2.31. The van der Waals surface area contributed by atoms with Crippen molar-refractivity contribution < 1.29 is 19.8 Å². The van der Waals surface area contributed by atoms with Gasteiger partial charge in [-0.3, -0.25) is 9.59 Å². The number of nitrogens with zero attached hydrogens (tertiary/aromatic N) is 4. The van der Waals surface area contributed by atoms with E-state index in [2.05, 4.69) is 20.4 Å². The van der Waals surface area contributed by atoms with Crippen molar-refractivity contribution in [1.29, 1.82) is 0 Å². The molecule has 0 saturated carbocycles. The van der Waals surface area contributed by atoms with E-state index >= 15 is 0 Å². The van der Waals surface area contributed by atoms with Crippen LogP contribution in [0.25, 0.3) is 27.8 Å². The number of rotatable bonds is 4. The zero-order chi connectivity index (χ0) is 19.8. The number of carboxylic acids is 1. The monoisotopic (exact) mass is 397 g/mol. The Balaban J connectivity index is 1.92. The van der Waals surface area contributed by atoms with Crippen LogP contribution < -0.4 is 5.32 Å². The van der Waals surface area contributed by atoms with Gasteiger partial charge in [-0.1, -0.05) is 23.7 Å². The number of amides is 1. The molecule has 4 aromatic rings. The number of nitrogens with one attached hydrogen (secondary N) is 1. The lowest BCUT2D eigenvalue weighted by Gasteiger charge is -2.11. The van der Waals surface area contributed by atoms with Crippen molar-refractivity contribution in [3.05, 3.63) is 53.4 Å². The van der Waals surface area contributed by atoms with Crippen molar-refractivity contribution in [2.24, 2.45) is 0 Å².